The smallest absolute Gasteiger partial charge is 0.205 e. The largest absolute Gasteiger partial charge is 0.321 e. The summed E-state index contributed by atoms with van der Waals surface area (Å²) in [5.41, 5.74) is 12.0. The third-order valence-corrected chi connectivity index (χ3v) is 8.70. The lowest BCUT2D eigenvalue weighted by Gasteiger charge is -2.28. The van der Waals surface area contributed by atoms with Crippen molar-refractivity contribution in [1.82, 2.24) is 5.32 Å². The van der Waals surface area contributed by atoms with Gasteiger partial charge in [-0.15, -0.1) is 0 Å². The van der Waals surface area contributed by atoms with Crippen LogP contribution in [0.2, 0.25) is 0 Å². The summed E-state index contributed by atoms with van der Waals surface area (Å²) >= 11 is 3.04. The molecule has 0 amide bonds. The molecule has 0 aliphatic heterocycles. The molecule has 7 atom stereocenters. The Morgan fingerprint density at radius 3 is 2.06 bits per heavy atom. The molecule has 34 heavy (non-hydrogen) atoms. The molecular formula is C26H51N3O3S2. The minimum atomic E-state index is -0.462. The summed E-state index contributed by atoms with van der Waals surface area (Å²) in [7, 11) is 0. The normalized spacial score (nSPS) is 18.1. The summed E-state index contributed by atoms with van der Waals surface area (Å²) in [6, 6.07) is -1.09. The summed E-state index contributed by atoms with van der Waals surface area (Å²) in [6.45, 7) is 14.6. The molecular weight excluding hydrogens is 466 g/mol. The van der Waals surface area contributed by atoms with Gasteiger partial charge in [-0.2, -0.15) is 11.8 Å². The number of nitrogens with two attached hydrogens (primary N) is 2. The maximum atomic E-state index is 13.2. The molecule has 0 bridgehead atoms. The summed E-state index contributed by atoms with van der Waals surface area (Å²) in [5.74, 6) is 1.38. The van der Waals surface area contributed by atoms with Crippen LogP contribution in [0.1, 0.15) is 80.6 Å². The van der Waals surface area contributed by atoms with Crippen LogP contribution in [-0.2, 0) is 14.4 Å². The van der Waals surface area contributed by atoms with Gasteiger partial charge in [-0.3, -0.25) is 14.4 Å². The second-order valence-electron chi connectivity index (χ2n) is 10.2. The number of thioether (sulfide) groups is 2. The Morgan fingerprint density at radius 1 is 0.912 bits per heavy atom. The van der Waals surface area contributed by atoms with Crippen LogP contribution >= 0.6 is 23.5 Å². The van der Waals surface area contributed by atoms with E-state index in [4.69, 9.17) is 11.5 Å². The van der Waals surface area contributed by atoms with Gasteiger partial charge in [0.2, 0.25) is 5.12 Å². The van der Waals surface area contributed by atoms with Gasteiger partial charge in [0.15, 0.2) is 11.6 Å². The number of hydrogen-bond donors (Lipinski definition) is 3. The molecule has 0 aromatic rings. The number of nitrogens with one attached hydrogen (secondary N) is 1. The van der Waals surface area contributed by atoms with Gasteiger partial charge in [0, 0.05) is 23.6 Å². The lowest BCUT2D eigenvalue weighted by molar-refractivity contribution is -0.127. The molecule has 6 nitrogen and oxygen atoms in total. The van der Waals surface area contributed by atoms with Crippen molar-refractivity contribution < 1.29 is 14.4 Å². The van der Waals surface area contributed by atoms with Gasteiger partial charge in [0.05, 0.1) is 18.1 Å². The quantitative estimate of drug-likeness (QED) is 0.217. The predicted molar refractivity (Wildman–Crippen MR) is 149 cm³/mol. The fourth-order valence-corrected chi connectivity index (χ4v) is 5.35. The van der Waals surface area contributed by atoms with E-state index in [1.807, 2.05) is 39.5 Å². The zero-order valence-electron chi connectivity index (χ0n) is 22.8. The number of unbranched alkanes of at least 4 members (excludes halogenated alkanes) is 1. The van der Waals surface area contributed by atoms with E-state index in [2.05, 4.69) is 26.1 Å². The Balaban J connectivity index is 4.57. The number of carbonyl (C=O) groups excluding carboxylic acids is 3. The lowest BCUT2D eigenvalue weighted by Crippen LogP contribution is -2.48. The van der Waals surface area contributed by atoms with Gasteiger partial charge in [-0.05, 0) is 43.1 Å². The first-order valence-electron chi connectivity index (χ1n) is 12.9. The monoisotopic (exact) mass is 517 g/mol. The average molecular weight is 518 g/mol. The minimum absolute atomic E-state index is 0.0227. The second kappa shape index (κ2) is 17.9. The van der Waals surface area contributed by atoms with E-state index in [9.17, 15) is 14.4 Å². The first-order valence-corrected chi connectivity index (χ1v) is 15.2. The van der Waals surface area contributed by atoms with Crippen LogP contribution in [-0.4, -0.2) is 58.6 Å². The van der Waals surface area contributed by atoms with Crippen LogP contribution in [0.25, 0.3) is 0 Å². The highest BCUT2D eigenvalue weighted by Crippen LogP contribution is 2.22. The van der Waals surface area contributed by atoms with Crippen molar-refractivity contribution in [2.45, 2.75) is 104 Å². The standard InChI is InChI=1S/C26H51N3O3S2/c1-9-17(4)23(29-15-19(6)24(30)22(28)16(2)3)25(31)18(5)12-10-11-13-34-20(7)14-21(27)26(32)33-8/h16-23,29H,9-15,27-28H2,1-8H3/t17?,18?,19?,20?,21-,22-,23-/m1/s1. The van der Waals surface area contributed by atoms with E-state index in [0.717, 1.165) is 31.4 Å². The highest BCUT2D eigenvalue weighted by Gasteiger charge is 2.29. The Labute approximate surface area is 217 Å². The van der Waals surface area contributed by atoms with E-state index < -0.39 is 6.04 Å². The van der Waals surface area contributed by atoms with Crippen molar-refractivity contribution in [3.05, 3.63) is 0 Å². The summed E-state index contributed by atoms with van der Waals surface area (Å²) in [4.78, 5) is 37.4. The number of hydrogen-bond acceptors (Lipinski definition) is 8. The minimum Gasteiger partial charge on any atom is -0.321 e. The van der Waals surface area contributed by atoms with Crippen molar-refractivity contribution in [1.29, 1.82) is 0 Å². The molecule has 0 aliphatic rings. The van der Waals surface area contributed by atoms with Crippen molar-refractivity contribution in [3.63, 3.8) is 0 Å². The molecule has 0 rings (SSSR count). The molecule has 0 aromatic carbocycles. The van der Waals surface area contributed by atoms with Crippen molar-refractivity contribution >= 4 is 40.2 Å². The maximum absolute atomic E-state index is 13.2. The van der Waals surface area contributed by atoms with Crippen LogP contribution in [0.3, 0.4) is 0 Å². The first kappa shape index (κ1) is 33.6. The van der Waals surface area contributed by atoms with Crippen LogP contribution < -0.4 is 16.8 Å². The highest BCUT2D eigenvalue weighted by atomic mass is 32.2. The molecule has 5 N–H and O–H groups in total. The fraction of sp³-hybridized carbons (Fsp3) is 0.885. The Morgan fingerprint density at radius 2 is 1.53 bits per heavy atom. The molecule has 0 radical (unpaired) electrons. The van der Waals surface area contributed by atoms with E-state index in [1.165, 1.54) is 11.8 Å². The number of ketones is 2. The topological polar surface area (TPSA) is 115 Å². The predicted octanol–water partition coefficient (Wildman–Crippen LogP) is 4.28. The molecule has 0 heterocycles. The third-order valence-electron chi connectivity index (χ3n) is 6.71. The van der Waals surface area contributed by atoms with Crippen molar-refractivity contribution in [3.8, 4) is 0 Å². The Bertz CT molecular complexity index is 618. The average Bonchev–Trinajstić information content (AvgIpc) is 2.81. The lowest BCUT2D eigenvalue weighted by atomic mass is 9.86. The molecule has 200 valence electrons. The van der Waals surface area contributed by atoms with E-state index >= 15 is 0 Å². The number of carbonyl (C=O) groups is 3. The van der Waals surface area contributed by atoms with Crippen molar-refractivity contribution in [2.75, 3.05) is 18.6 Å². The first-order chi connectivity index (χ1) is 15.9. The van der Waals surface area contributed by atoms with Gasteiger partial charge in [0.25, 0.3) is 0 Å². The molecule has 8 heteroatoms. The Hall–Kier alpha value is -0.410. The zero-order chi connectivity index (χ0) is 26.4. The zero-order valence-corrected chi connectivity index (χ0v) is 24.4. The van der Waals surface area contributed by atoms with Crippen LogP contribution in [0, 0.1) is 23.7 Å². The Kier molecular flexibility index (Phi) is 17.7. The summed E-state index contributed by atoms with van der Waals surface area (Å²) < 4.78 is 0. The third kappa shape index (κ3) is 12.5. The van der Waals surface area contributed by atoms with Gasteiger partial charge in [-0.25, -0.2) is 0 Å². The molecule has 0 saturated heterocycles. The molecule has 0 fully saturated rings. The van der Waals surface area contributed by atoms with Gasteiger partial charge in [0.1, 0.15) is 0 Å². The molecule has 0 aliphatic carbocycles. The van der Waals surface area contributed by atoms with E-state index in [-0.39, 0.29) is 52.4 Å². The SMILES string of the molecule is CCC(C)[C@@H](NCC(C)C(=O)[C@H](N)C(C)C)C(=O)C(C)CCCCSC(C)C[C@@H](N)C(=O)SC. The van der Waals surface area contributed by atoms with Gasteiger partial charge >= 0.3 is 0 Å². The van der Waals surface area contributed by atoms with Gasteiger partial charge in [-0.1, -0.05) is 73.1 Å². The van der Waals surface area contributed by atoms with Crippen LogP contribution in [0.15, 0.2) is 0 Å². The van der Waals surface area contributed by atoms with E-state index in [0.29, 0.717) is 18.2 Å². The molecule has 0 aromatic heterocycles. The summed E-state index contributed by atoms with van der Waals surface area (Å²) in [5, 5.41) is 3.80. The van der Waals surface area contributed by atoms with Crippen LogP contribution in [0.4, 0.5) is 0 Å². The number of Topliss-reactive ketones (excluding diaryl/α,β-unsaturated/α-hetero) is 2. The second-order valence-corrected chi connectivity index (χ2v) is 12.5. The van der Waals surface area contributed by atoms with E-state index in [1.54, 1.807) is 6.26 Å². The molecule has 0 spiro atoms. The van der Waals surface area contributed by atoms with Gasteiger partial charge < -0.3 is 16.8 Å². The van der Waals surface area contributed by atoms with Crippen molar-refractivity contribution in [2.24, 2.45) is 35.1 Å². The fourth-order valence-electron chi connectivity index (χ4n) is 3.84. The molecule has 4 unspecified atom stereocenters. The summed E-state index contributed by atoms with van der Waals surface area (Å²) in [6.07, 6.45) is 6.27. The number of rotatable bonds is 19. The maximum Gasteiger partial charge on any atom is 0.205 e. The van der Waals surface area contributed by atoms with Crippen LogP contribution in [0.5, 0.6) is 0 Å². The molecule has 0 saturated carbocycles. The highest BCUT2D eigenvalue weighted by molar-refractivity contribution is 8.13.